The highest BCUT2D eigenvalue weighted by atomic mass is 79.9. The number of benzene rings is 1. The third-order valence-corrected chi connectivity index (χ3v) is 3.36. The number of H-pyrrole nitrogens is 1. The zero-order chi connectivity index (χ0) is 14.9. The van der Waals surface area contributed by atoms with Gasteiger partial charge in [-0.1, -0.05) is 15.9 Å². The van der Waals surface area contributed by atoms with Crippen molar-refractivity contribution in [3.63, 3.8) is 0 Å². The number of hydrogen-bond donors (Lipinski definition) is 2. The molecule has 2 rings (SSSR count). The minimum atomic E-state index is -0.727. The van der Waals surface area contributed by atoms with Crippen LogP contribution in [0, 0.1) is 28.5 Å². The number of aromatic nitrogens is 1. The summed E-state index contributed by atoms with van der Waals surface area (Å²) in [5.74, 6) is -0.725. The summed E-state index contributed by atoms with van der Waals surface area (Å²) in [6, 6.07) is 7.30. The van der Waals surface area contributed by atoms with Gasteiger partial charge in [-0.2, -0.15) is 10.5 Å². The maximum absolute atomic E-state index is 13.4. The highest BCUT2D eigenvalue weighted by Crippen LogP contribution is 2.34. The first kappa shape index (κ1) is 13.8. The molecule has 98 valence electrons. The first-order chi connectivity index (χ1) is 9.49. The molecule has 0 atom stereocenters. The molecule has 2 aromatic rings. The highest BCUT2D eigenvalue weighted by Gasteiger charge is 2.20. The number of aromatic amines is 1. The van der Waals surface area contributed by atoms with E-state index in [1.54, 1.807) is 6.07 Å². The van der Waals surface area contributed by atoms with E-state index in [0.29, 0.717) is 4.47 Å². The minimum absolute atomic E-state index is 0.0163. The second kappa shape index (κ2) is 5.16. The highest BCUT2D eigenvalue weighted by molar-refractivity contribution is 9.10. The molecule has 0 spiro atoms. The Labute approximate surface area is 121 Å². The van der Waals surface area contributed by atoms with Gasteiger partial charge in [0.2, 0.25) is 0 Å². The second-order valence-electron chi connectivity index (χ2n) is 3.84. The Kier molecular flexibility index (Phi) is 3.55. The van der Waals surface area contributed by atoms with Crippen molar-refractivity contribution in [1.82, 2.24) is 4.98 Å². The largest absolute Gasteiger partial charge is 0.384 e. The van der Waals surface area contributed by atoms with E-state index in [1.165, 1.54) is 12.1 Å². The fourth-order valence-corrected chi connectivity index (χ4v) is 2.25. The van der Waals surface area contributed by atoms with Gasteiger partial charge < -0.3 is 10.7 Å². The summed E-state index contributed by atoms with van der Waals surface area (Å²) in [5, 5.41) is 18.3. The summed E-state index contributed by atoms with van der Waals surface area (Å²) in [6.45, 7) is 0. The lowest BCUT2D eigenvalue weighted by atomic mass is 9.96. The van der Waals surface area contributed by atoms with Crippen molar-refractivity contribution in [2.45, 2.75) is 0 Å². The molecule has 0 bridgehead atoms. The number of rotatable bonds is 1. The van der Waals surface area contributed by atoms with Gasteiger partial charge in [0.25, 0.3) is 5.56 Å². The fraction of sp³-hybridized carbons (Fsp3) is 0. The molecule has 0 radical (unpaired) electrons. The summed E-state index contributed by atoms with van der Waals surface area (Å²) in [5.41, 5.74) is 4.73. The van der Waals surface area contributed by atoms with E-state index in [4.69, 9.17) is 16.3 Å². The molecule has 0 fully saturated rings. The average molecular weight is 333 g/mol. The molecule has 1 aromatic carbocycles. The molecule has 0 aliphatic carbocycles. The molecule has 0 saturated heterocycles. The number of anilines is 1. The molecule has 0 amide bonds. The molecule has 0 aliphatic heterocycles. The summed E-state index contributed by atoms with van der Waals surface area (Å²) in [4.78, 5) is 14.0. The molecule has 1 heterocycles. The van der Waals surface area contributed by atoms with E-state index >= 15 is 0 Å². The van der Waals surface area contributed by atoms with E-state index in [1.807, 2.05) is 6.07 Å². The van der Waals surface area contributed by atoms with Crippen molar-refractivity contribution >= 4 is 21.7 Å². The van der Waals surface area contributed by atoms with Gasteiger partial charge in [0.05, 0.1) is 0 Å². The monoisotopic (exact) mass is 332 g/mol. The number of nitrogen functional groups attached to an aromatic ring is 1. The van der Waals surface area contributed by atoms with Gasteiger partial charge in [-0.15, -0.1) is 0 Å². The van der Waals surface area contributed by atoms with Gasteiger partial charge in [-0.05, 0) is 18.2 Å². The van der Waals surface area contributed by atoms with Crippen molar-refractivity contribution in [3.8, 4) is 23.3 Å². The van der Waals surface area contributed by atoms with E-state index < -0.39 is 11.4 Å². The number of halogens is 2. The lowest BCUT2D eigenvalue weighted by molar-refractivity contribution is 0.628. The van der Waals surface area contributed by atoms with E-state index in [2.05, 4.69) is 20.9 Å². The van der Waals surface area contributed by atoms with Gasteiger partial charge in [-0.25, -0.2) is 4.39 Å². The first-order valence-corrected chi connectivity index (χ1v) is 6.10. The van der Waals surface area contributed by atoms with E-state index in [0.717, 1.165) is 6.07 Å². The molecular formula is C13H6BrFN4O. The van der Waals surface area contributed by atoms with Crippen LogP contribution in [0.1, 0.15) is 11.1 Å². The molecule has 5 nitrogen and oxygen atoms in total. The van der Waals surface area contributed by atoms with Crippen LogP contribution in [-0.2, 0) is 0 Å². The maximum Gasteiger partial charge on any atom is 0.268 e. The maximum atomic E-state index is 13.4. The number of hydrogen-bond acceptors (Lipinski definition) is 4. The Morgan fingerprint density at radius 3 is 2.50 bits per heavy atom. The van der Waals surface area contributed by atoms with Crippen LogP contribution in [0.4, 0.5) is 10.2 Å². The van der Waals surface area contributed by atoms with Gasteiger partial charge in [0.15, 0.2) is 0 Å². The van der Waals surface area contributed by atoms with Crippen molar-refractivity contribution in [2.24, 2.45) is 0 Å². The van der Waals surface area contributed by atoms with E-state index in [9.17, 15) is 9.18 Å². The zero-order valence-corrected chi connectivity index (χ0v) is 11.5. The number of nitriles is 2. The van der Waals surface area contributed by atoms with Gasteiger partial charge >= 0.3 is 0 Å². The third kappa shape index (κ3) is 2.15. The minimum Gasteiger partial charge on any atom is -0.384 e. The van der Waals surface area contributed by atoms with Crippen LogP contribution in [0.15, 0.2) is 27.5 Å². The standard InChI is InChI=1S/C13H6BrFN4O/c14-10-2-1-6(15)3-7(10)11-8(4-16)12(18)19-13(20)9(11)5-17/h1-3H,(H3,18,19,20). The zero-order valence-electron chi connectivity index (χ0n) is 9.87. The van der Waals surface area contributed by atoms with Crippen LogP contribution in [0.25, 0.3) is 11.1 Å². The fourth-order valence-electron chi connectivity index (χ4n) is 1.80. The summed E-state index contributed by atoms with van der Waals surface area (Å²) in [7, 11) is 0. The molecule has 1 aromatic heterocycles. The average Bonchev–Trinajstić information content (AvgIpc) is 2.41. The Morgan fingerprint density at radius 1 is 1.25 bits per heavy atom. The topological polar surface area (TPSA) is 106 Å². The van der Waals surface area contributed by atoms with Crippen molar-refractivity contribution in [2.75, 3.05) is 5.73 Å². The van der Waals surface area contributed by atoms with Crippen LogP contribution in [0.3, 0.4) is 0 Å². The van der Waals surface area contributed by atoms with Gasteiger partial charge in [-0.3, -0.25) is 4.79 Å². The number of nitrogens with one attached hydrogen (secondary N) is 1. The number of pyridine rings is 1. The Balaban J connectivity index is 3.00. The molecule has 0 unspecified atom stereocenters. The quantitative estimate of drug-likeness (QED) is 0.835. The third-order valence-electron chi connectivity index (χ3n) is 2.67. The SMILES string of the molecule is N#Cc1c(N)[nH]c(=O)c(C#N)c1-c1cc(F)ccc1Br. The normalized spacial score (nSPS) is 9.80. The van der Waals surface area contributed by atoms with Crippen LogP contribution < -0.4 is 11.3 Å². The van der Waals surface area contributed by atoms with Gasteiger partial charge in [0.1, 0.15) is 34.9 Å². The molecule has 20 heavy (non-hydrogen) atoms. The van der Waals surface area contributed by atoms with Crippen molar-refractivity contribution in [1.29, 1.82) is 10.5 Å². The van der Waals surface area contributed by atoms with Crippen molar-refractivity contribution < 1.29 is 4.39 Å². The van der Waals surface area contributed by atoms with Crippen molar-refractivity contribution in [3.05, 3.63) is 50.0 Å². The second-order valence-corrected chi connectivity index (χ2v) is 4.69. The molecule has 7 heteroatoms. The number of nitrogens with two attached hydrogens (primary N) is 1. The van der Waals surface area contributed by atoms with Gasteiger partial charge in [0, 0.05) is 15.6 Å². The summed E-state index contributed by atoms with van der Waals surface area (Å²) >= 11 is 3.20. The molecular weight excluding hydrogens is 327 g/mol. The van der Waals surface area contributed by atoms with Crippen LogP contribution in [-0.4, -0.2) is 4.98 Å². The van der Waals surface area contributed by atoms with Crippen LogP contribution in [0.5, 0.6) is 0 Å². The molecule has 3 N–H and O–H groups in total. The molecule has 0 aliphatic rings. The summed E-state index contributed by atoms with van der Waals surface area (Å²) in [6.07, 6.45) is 0. The Morgan fingerprint density at radius 2 is 1.90 bits per heavy atom. The summed E-state index contributed by atoms with van der Waals surface area (Å²) < 4.78 is 13.8. The lowest BCUT2D eigenvalue weighted by Gasteiger charge is -2.10. The molecule has 0 saturated carbocycles. The van der Waals surface area contributed by atoms with Crippen LogP contribution >= 0.6 is 15.9 Å². The predicted octanol–water partition coefficient (Wildman–Crippen LogP) is 2.27. The predicted molar refractivity (Wildman–Crippen MR) is 74.0 cm³/mol. The van der Waals surface area contributed by atoms with Crippen LogP contribution in [0.2, 0.25) is 0 Å². The Hall–Kier alpha value is -2.64. The number of nitrogens with zero attached hydrogens (tertiary/aromatic N) is 2. The Bertz CT molecular complexity index is 845. The van der Waals surface area contributed by atoms with E-state index in [-0.39, 0.29) is 28.1 Å². The first-order valence-electron chi connectivity index (χ1n) is 5.31. The lowest BCUT2D eigenvalue weighted by Crippen LogP contribution is -2.16. The smallest absolute Gasteiger partial charge is 0.268 e.